The van der Waals surface area contributed by atoms with Crippen LogP contribution in [0.25, 0.3) is 0 Å². The number of carbonyl (C=O) groups is 2. The van der Waals surface area contributed by atoms with Crippen LogP contribution in [0.1, 0.15) is 32.3 Å². The van der Waals surface area contributed by atoms with Gasteiger partial charge in [-0.1, -0.05) is 54.6 Å². The van der Waals surface area contributed by atoms with E-state index < -0.39 is 12.0 Å². The van der Waals surface area contributed by atoms with Crippen molar-refractivity contribution < 1.29 is 19.1 Å². The fourth-order valence-electron chi connectivity index (χ4n) is 2.37. The molecule has 6 heteroatoms. The number of benzene rings is 1. The number of halogens is 1. The predicted molar refractivity (Wildman–Crippen MR) is 112 cm³/mol. The van der Waals surface area contributed by atoms with Crippen molar-refractivity contribution >= 4 is 34.5 Å². The van der Waals surface area contributed by atoms with Gasteiger partial charge in [0, 0.05) is 0 Å². The Morgan fingerprint density at radius 3 is 2.46 bits per heavy atom. The first-order chi connectivity index (χ1) is 12.4. The topological polar surface area (TPSA) is 64.6 Å². The van der Waals surface area contributed by atoms with Crippen LogP contribution < -0.4 is 10.1 Å². The van der Waals surface area contributed by atoms with Crippen molar-refractivity contribution in [2.45, 2.75) is 43.1 Å². The lowest BCUT2D eigenvalue weighted by Gasteiger charge is -2.20. The molecule has 1 aromatic rings. The molecule has 0 bridgehead atoms. The summed E-state index contributed by atoms with van der Waals surface area (Å²) in [5, 5.41) is 2.81. The van der Waals surface area contributed by atoms with Gasteiger partial charge in [0.2, 0.25) is 5.91 Å². The van der Waals surface area contributed by atoms with Crippen LogP contribution in [0.3, 0.4) is 0 Å². The number of amides is 1. The van der Waals surface area contributed by atoms with Gasteiger partial charge in [-0.25, -0.2) is 4.79 Å². The molecular formula is C20H28INO4. The lowest BCUT2D eigenvalue weighted by atomic mass is 10.0. The molecule has 0 saturated heterocycles. The first-order valence-electron chi connectivity index (χ1n) is 8.72. The van der Waals surface area contributed by atoms with Crippen molar-refractivity contribution in [1.82, 2.24) is 5.32 Å². The molecule has 0 fully saturated rings. The van der Waals surface area contributed by atoms with E-state index in [0.717, 1.165) is 17.7 Å². The summed E-state index contributed by atoms with van der Waals surface area (Å²) in [5.74, 6) is 0.512. The Labute approximate surface area is 169 Å². The molecule has 0 saturated carbocycles. The molecule has 0 aliphatic carbocycles. The van der Waals surface area contributed by atoms with Crippen LogP contribution in [-0.4, -0.2) is 35.6 Å². The van der Waals surface area contributed by atoms with Crippen molar-refractivity contribution in [3.63, 3.8) is 0 Å². The van der Waals surface area contributed by atoms with Crippen LogP contribution in [0.4, 0.5) is 0 Å². The van der Waals surface area contributed by atoms with Gasteiger partial charge in [0.05, 0.1) is 17.6 Å². The minimum Gasteiger partial charge on any atom is -0.493 e. The number of hydrogen-bond acceptors (Lipinski definition) is 4. The molecule has 0 aliphatic heterocycles. The highest BCUT2D eigenvalue weighted by molar-refractivity contribution is 14.1. The van der Waals surface area contributed by atoms with Gasteiger partial charge >= 0.3 is 5.97 Å². The smallest absolute Gasteiger partial charge is 0.328 e. The van der Waals surface area contributed by atoms with E-state index in [2.05, 4.69) is 34.5 Å². The predicted octanol–water partition coefficient (Wildman–Crippen LogP) is 3.69. The molecule has 1 N–H and O–H groups in total. The summed E-state index contributed by atoms with van der Waals surface area (Å²) >= 11 is 2.10. The molecule has 1 amide bonds. The summed E-state index contributed by atoms with van der Waals surface area (Å²) in [5.41, 5.74) is 1.04. The Hall–Kier alpha value is -1.57. The largest absolute Gasteiger partial charge is 0.493 e. The van der Waals surface area contributed by atoms with Gasteiger partial charge in [-0.15, -0.1) is 6.58 Å². The molecule has 1 aromatic carbocycles. The maximum atomic E-state index is 12.4. The first kappa shape index (κ1) is 22.5. The molecular weight excluding hydrogens is 445 g/mol. The normalized spacial score (nSPS) is 13.0. The average molecular weight is 473 g/mol. The van der Waals surface area contributed by atoms with Crippen molar-refractivity contribution in [1.29, 1.82) is 0 Å². The number of ether oxygens (including phenoxy) is 2. The fraction of sp³-hybridized carbons (Fsp3) is 0.500. The van der Waals surface area contributed by atoms with E-state index in [9.17, 15) is 9.59 Å². The van der Waals surface area contributed by atoms with Crippen LogP contribution in [0, 0.1) is 5.92 Å². The SMILES string of the molecule is C=CCCOc1ccc(C[C@H](I)C(=O)N[C@@H](CC(C)C)C(=O)OC)cc1. The van der Waals surface area contributed by atoms with Gasteiger partial charge in [-0.05, 0) is 42.9 Å². The van der Waals surface area contributed by atoms with Crippen molar-refractivity contribution in [2.75, 3.05) is 13.7 Å². The molecule has 5 nitrogen and oxygen atoms in total. The van der Waals surface area contributed by atoms with Gasteiger partial charge < -0.3 is 14.8 Å². The highest BCUT2D eigenvalue weighted by Crippen LogP contribution is 2.17. The summed E-state index contributed by atoms with van der Waals surface area (Å²) in [4.78, 5) is 24.3. The van der Waals surface area contributed by atoms with Crippen molar-refractivity contribution in [2.24, 2.45) is 5.92 Å². The maximum absolute atomic E-state index is 12.4. The van der Waals surface area contributed by atoms with E-state index in [1.807, 2.05) is 44.2 Å². The van der Waals surface area contributed by atoms with Crippen molar-refractivity contribution in [3.05, 3.63) is 42.5 Å². The number of rotatable bonds is 11. The van der Waals surface area contributed by atoms with E-state index in [4.69, 9.17) is 9.47 Å². The van der Waals surface area contributed by atoms with E-state index in [1.54, 1.807) is 0 Å². The summed E-state index contributed by atoms with van der Waals surface area (Å²) in [6.07, 6.45) is 3.75. The monoisotopic (exact) mass is 473 g/mol. The van der Waals surface area contributed by atoms with E-state index >= 15 is 0 Å². The molecule has 2 atom stereocenters. The Balaban J connectivity index is 2.59. The standard InChI is InChI=1S/C20H28INO4/c1-5-6-11-26-16-9-7-15(8-10-16)13-17(21)19(23)22-18(12-14(2)3)20(24)25-4/h5,7-10,14,17-18H,1,6,11-13H2,2-4H3,(H,22,23)/t17-,18-/m0/s1. The van der Waals surface area contributed by atoms with Gasteiger partial charge in [0.15, 0.2) is 0 Å². The molecule has 0 aliphatic rings. The summed E-state index contributed by atoms with van der Waals surface area (Å²) in [7, 11) is 1.34. The Kier molecular flexibility index (Phi) is 10.3. The third kappa shape index (κ3) is 8.21. The molecule has 26 heavy (non-hydrogen) atoms. The summed E-state index contributed by atoms with van der Waals surface area (Å²) in [6, 6.07) is 7.10. The third-order valence-corrected chi connectivity index (χ3v) is 4.73. The highest BCUT2D eigenvalue weighted by atomic mass is 127. The average Bonchev–Trinajstić information content (AvgIpc) is 2.61. The maximum Gasteiger partial charge on any atom is 0.328 e. The lowest BCUT2D eigenvalue weighted by Crippen LogP contribution is -2.45. The van der Waals surface area contributed by atoms with Crippen LogP contribution in [0.2, 0.25) is 0 Å². The fourth-order valence-corrected chi connectivity index (χ4v) is 3.06. The van der Waals surface area contributed by atoms with Gasteiger partial charge in [0.1, 0.15) is 11.8 Å². The molecule has 0 aromatic heterocycles. The second-order valence-corrected chi connectivity index (χ2v) is 7.96. The van der Waals surface area contributed by atoms with Gasteiger partial charge in [0.25, 0.3) is 0 Å². The molecule has 0 unspecified atom stereocenters. The third-order valence-electron chi connectivity index (χ3n) is 3.72. The van der Waals surface area contributed by atoms with Gasteiger partial charge in [-0.2, -0.15) is 0 Å². The van der Waals surface area contributed by atoms with Crippen LogP contribution in [0.15, 0.2) is 36.9 Å². The number of alkyl halides is 1. The number of esters is 1. The molecule has 0 heterocycles. The Bertz CT molecular complexity index is 586. The minimum absolute atomic E-state index is 0.159. The van der Waals surface area contributed by atoms with Crippen LogP contribution >= 0.6 is 22.6 Å². The molecule has 1 rings (SSSR count). The van der Waals surface area contributed by atoms with E-state index in [0.29, 0.717) is 19.4 Å². The highest BCUT2D eigenvalue weighted by Gasteiger charge is 2.25. The first-order valence-corrected chi connectivity index (χ1v) is 9.96. The second kappa shape index (κ2) is 11.9. The zero-order valence-corrected chi connectivity index (χ0v) is 17.8. The minimum atomic E-state index is -0.606. The van der Waals surface area contributed by atoms with E-state index in [-0.39, 0.29) is 15.7 Å². The summed E-state index contributed by atoms with van der Waals surface area (Å²) in [6.45, 7) is 8.27. The zero-order valence-electron chi connectivity index (χ0n) is 15.7. The number of nitrogens with one attached hydrogen (secondary N) is 1. The molecule has 0 radical (unpaired) electrons. The number of methoxy groups -OCH3 is 1. The molecule has 0 spiro atoms. The summed E-state index contributed by atoms with van der Waals surface area (Å²) < 4.78 is 10.1. The Morgan fingerprint density at radius 1 is 1.27 bits per heavy atom. The Morgan fingerprint density at radius 2 is 1.92 bits per heavy atom. The quantitative estimate of drug-likeness (QED) is 0.175. The lowest BCUT2D eigenvalue weighted by molar-refractivity contribution is -0.145. The van der Waals surface area contributed by atoms with Crippen LogP contribution in [0.5, 0.6) is 5.75 Å². The number of hydrogen-bond donors (Lipinski definition) is 1. The second-order valence-electron chi connectivity index (χ2n) is 6.46. The zero-order chi connectivity index (χ0) is 19.5. The number of carbonyl (C=O) groups excluding carboxylic acids is 2. The van der Waals surface area contributed by atoms with Crippen LogP contribution in [-0.2, 0) is 20.7 Å². The molecule has 144 valence electrons. The van der Waals surface area contributed by atoms with Gasteiger partial charge in [-0.3, -0.25) is 4.79 Å². The van der Waals surface area contributed by atoms with E-state index in [1.165, 1.54) is 7.11 Å². The van der Waals surface area contributed by atoms with Crippen molar-refractivity contribution in [3.8, 4) is 5.75 Å².